The quantitative estimate of drug-likeness (QED) is 0.421. The molecule has 0 saturated heterocycles. The second-order valence-electron chi connectivity index (χ2n) is 7.43. The first kappa shape index (κ1) is 20.4. The van der Waals surface area contributed by atoms with Crippen LogP contribution in [0.2, 0.25) is 0 Å². The summed E-state index contributed by atoms with van der Waals surface area (Å²) in [6.45, 7) is 6.28. The number of hydrogen-bond acceptors (Lipinski definition) is 7. The van der Waals surface area contributed by atoms with Crippen molar-refractivity contribution in [3.8, 4) is 0 Å². The lowest BCUT2D eigenvalue weighted by Crippen LogP contribution is -2.12. The zero-order chi connectivity index (χ0) is 20.1. The summed E-state index contributed by atoms with van der Waals surface area (Å²) in [6, 6.07) is 7.58. The molecule has 2 aromatic heterocycles. The molecule has 0 fully saturated rings. The molecule has 28 heavy (non-hydrogen) atoms. The van der Waals surface area contributed by atoms with Crippen LogP contribution in [0.25, 0.3) is 0 Å². The monoisotopic (exact) mass is 416 g/mol. The molecule has 2 heterocycles. The summed E-state index contributed by atoms with van der Waals surface area (Å²) in [5.74, 6) is 2.13. The highest BCUT2D eigenvalue weighted by Crippen LogP contribution is 2.31. The number of thiazole rings is 1. The van der Waals surface area contributed by atoms with Gasteiger partial charge in [0.05, 0.1) is 22.4 Å². The normalized spacial score (nSPS) is 11.5. The first-order valence-corrected chi connectivity index (χ1v) is 10.8. The Kier molecular flexibility index (Phi) is 6.41. The van der Waals surface area contributed by atoms with Gasteiger partial charge in [-0.3, -0.25) is 4.79 Å². The first-order chi connectivity index (χ1) is 13.3. The Morgan fingerprint density at radius 2 is 2.11 bits per heavy atom. The molecule has 1 amide bonds. The van der Waals surface area contributed by atoms with Crippen molar-refractivity contribution in [2.75, 3.05) is 11.1 Å². The molecule has 3 rings (SSSR count). The van der Waals surface area contributed by atoms with Crippen LogP contribution >= 0.6 is 23.1 Å². The number of thioether (sulfide) groups is 1. The van der Waals surface area contributed by atoms with Crippen LogP contribution < -0.4 is 11.1 Å². The second-order valence-corrected chi connectivity index (χ2v) is 9.74. The summed E-state index contributed by atoms with van der Waals surface area (Å²) < 4.78 is 6.80. The van der Waals surface area contributed by atoms with Gasteiger partial charge in [0.2, 0.25) is 11.8 Å². The second kappa shape index (κ2) is 8.79. The van der Waals surface area contributed by atoms with Crippen LogP contribution in [-0.2, 0) is 22.4 Å². The Balaban J connectivity index is 1.47. The van der Waals surface area contributed by atoms with Gasteiger partial charge >= 0.3 is 0 Å². The predicted octanol–water partition coefficient (Wildman–Crippen LogP) is 4.87. The molecule has 3 aromatic rings. The maximum absolute atomic E-state index is 12.1. The average Bonchev–Trinajstić information content (AvgIpc) is 3.27. The molecule has 0 aliphatic carbocycles. The molecule has 0 aliphatic heterocycles. The van der Waals surface area contributed by atoms with Gasteiger partial charge in [-0.2, -0.15) is 0 Å². The molecule has 0 radical (unpaired) electrons. The van der Waals surface area contributed by atoms with Gasteiger partial charge in [0, 0.05) is 17.5 Å². The summed E-state index contributed by atoms with van der Waals surface area (Å²) in [4.78, 5) is 20.8. The van der Waals surface area contributed by atoms with Crippen LogP contribution in [-0.4, -0.2) is 15.9 Å². The third-order valence-electron chi connectivity index (χ3n) is 3.95. The molecule has 3 N–H and O–H groups in total. The number of oxazole rings is 1. The lowest BCUT2D eigenvalue weighted by atomic mass is 9.94. The molecule has 0 aliphatic rings. The Morgan fingerprint density at radius 3 is 2.82 bits per heavy atom. The van der Waals surface area contributed by atoms with E-state index >= 15 is 0 Å². The van der Waals surface area contributed by atoms with Crippen LogP contribution in [0.3, 0.4) is 0 Å². The van der Waals surface area contributed by atoms with Crippen LogP contribution in [0.1, 0.15) is 44.4 Å². The van der Waals surface area contributed by atoms with Gasteiger partial charge in [-0.15, -0.1) is 11.8 Å². The summed E-state index contributed by atoms with van der Waals surface area (Å²) >= 11 is 3.04. The molecule has 0 saturated carbocycles. The fourth-order valence-electron chi connectivity index (χ4n) is 2.43. The lowest BCUT2D eigenvalue weighted by Gasteiger charge is -2.12. The molecule has 1 aromatic carbocycles. The molecule has 148 valence electrons. The van der Waals surface area contributed by atoms with Crippen LogP contribution in [0.5, 0.6) is 0 Å². The summed E-state index contributed by atoms with van der Waals surface area (Å²) in [6.07, 6.45) is 4.58. The largest absolute Gasteiger partial charge is 0.444 e. The number of aryl methyl sites for hydroxylation is 1. The highest BCUT2D eigenvalue weighted by molar-refractivity contribution is 8.00. The number of anilines is 2. The topological polar surface area (TPSA) is 94.0 Å². The van der Waals surface area contributed by atoms with Crippen molar-refractivity contribution in [1.82, 2.24) is 9.97 Å². The molecular formula is C20H24N4O2S2. The van der Waals surface area contributed by atoms with Crippen LogP contribution in [0, 0.1) is 0 Å². The number of nitrogens with zero attached hydrogens (tertiary/aromatic N) is 2. The minimum Gasteiger partial charge on any atom is -0.444 e. The van der Waals surface area contributed by atoms with E-state index < -0.39 is 0 Å². The van der Waals surface area contributed by atoms with E-state index in [2.05, 4.69) is 36.1 Å². The lowest BCUT2D eigenvalue weighted by molar-refractivity contribution is -0.116. The van der Waals surface area contributed by atoms with E-state index in [-0.39, 0.29) is 11.3 Å². The molecule has 6 nitrogen and oxygen atoms in total. The Labute approximate surface area is 173 Å². The molecular weight excluding hydrogens is 392 g/mol. The van der Waals surface area contributed by atoms with Crippen LogP contribution in [0.4, 0.5) is 10.8 Å². The average molecular weight is 417 g/mol. The third-order valence-corrected chi connectivity index (χ3v) is 6.05. The van der Waals surface area contributed by atoms with Crippen molar-refractivity contribution in [1.29, 1.82) is 0 Å². The third kappa shape index (κ3) is 5.84. The summed E-state index contributed by atoms with van der Waals surface area (Å²) in [5, 5.41) is 3.45. The van der Waals surface area contributed by atoms with Gasteiger partial charge in [0.15, 0.2) is 5.13 Å². The van der Waals surface area contributed by atoms with Crippen molar-refractivity contribution < 1.29 is 9.21 Å². The molecule has 0 bridgehead atoms. The SMILES string of the molecule is CC(C)(C)c1cnc(CSc2cnc(NC(=O)CCc3cccc(N)c3)s2)o1. The minimum atomic E-state index is -0.0594. The molecule has 8 heteroatoms. The highest BCUT2D eigenvalue weighted by Gasteiger charge is 2.19. The molecule has 0 unspecified atom stereocenters. The van der Waals surface area contributed by atoms with Crippen molar-refractivity contribution >= 4 is 39.8 Å². The number of carbonyl (C=O) groups is 1. The van der Waals surface area contributed by atoms with Gasteiger partial charge in [0.25, 0.3) is 0 Å². The minimum absolute atomic E-state index is 0.0523. The Morgan fingerprint density at radius 1 is 1.29 bits per heavy atom. The van der Waals surface area contributed by atoms with Crippen molar-refractivity contribution in [2.45, 2.75) is 49.0 Å². The fraction of sp³-hybridized carbons (Fsp3) is 0.350. The van der Waals surface area contributed by atoms with E-state index in [0.29, 0.717) is 35.3 Å². The van der Waals surface area contributed by atoms with Gasteiger partial charge in [-0.1, -0.05) is 44.2 Å². The maximum atomic E-state index is 12.1. The van der Waals surface area contributed by atoms with Crippen molar-refractivity contribution in [3.63, 3.8) is 0 Å². The Hall–Kier alpha value is -2.32. The van der Waals surface area contributed by atoms with E-state index in [4.69, 9.17) is 10.2 Å². The van der Waals surface area contributed by atoms with E-state index in [1.165, 1.54) is 11.3 Å². The van der Waals surface area contributed by atoms with E-state index in [1.54, 1.807) is 24.2 Å². The van der Waals surface area contributed by atoms with E-state index in [9.17, 15) is 4.79 Å². The number of nitrogens with one attached hydrogen (secondary N) is 1. The maximum Gasteiger partial charge on any atom is 0.226 e. The van der Waals surface area contributed by atoms with Gasteiger partial charge in [0.1, 0.15) is 5.76 Å². The number of rotatable bonds is 7. The van der Waals surface area contributed by atoms with Crippen LogP contribution in [0.15, 0.2) is 45.3 Å². The number of aromatic nitrogens is 2. The fourth-order valence-corrected chi connectivity index (χ4v) is 4.17. The highest BCUT2D eigenvalue weighted by atomic mass is 32.2. The van der Waals surface area contributed by atoms with Gasteiger partial charge < -0.3 is 15.5 Å². The zero-order valence-electron chi connectivity index (χ0n) is 16.2. The number of carbonyl (C=O) groups excluding carboxylic acids is 1. The van der Waals surface area contributed by atoms with Crippen molar-refractivity contribution in [2.24, 2.45) is 0 Å². The number of benzene rings is 1. The first-order valence-electron chi connectivity index (χ1n) is 8.98. The summed E-state index contributed by atoms with van der Waals surface area (Å²) in [7, 11) is 0. The van der Waals surface area contributed by atoms with E-state index in [1.807, 2.05) is 24.3 Å². The Bertz CT molecular complexity index is 944. The number of amides is 1. The molecule has 0 atom stereocenters. The summed E-state index contributed by atoms with van der Waals surface area (Å²) in [5.41, 5.74) is 7.47. The zero-order valence-corrected chi connectivity index (χ0v) is 17.8. The van der Waals surface area contributed by atoms with Crippen molar-refractivity contribution in [3.05, 3.63) is 53.9 Å². The van der Waals surface area contributed by atoms with E-state index in [0.717, 1.165) is 15.5 Å². The number of nitrogens with two attached hydrogens (primary N) is 1. The molecule has 0 spiro atoms. The number of hydrogen-bond donors (Lipinski definition) is 2. The van der Waals surface area contributed by atoms with Gasteiger partial charge in [-0.05, 0) is 24.1 Å². The number of nitrogen functional groups attached to an aromatic ring is 1. The predicted molar refractivity (Wildman–Crippen MR) is 115 cm³/mol. The van der Waals surface area contributed by atoms with Gasteiger partial charge in [-0.25, -0.2) is 9.97 Å². The standard InChI is InChI=1S/C20H24N4O2S2/c1-20(2,3)15-10-22-17(26-15)12-27-18-11-23-19(28-18)24-16(25)8-7-13-5-4-6-14(21)9-13/h4-6,9-11H,7-8,12,21H2,1-3H3,(H,23,24,25). The smallest absolute Gasteiger partial charge is 0.226 e.